The van der Waals surface area contributed by atoms with Crippen molar-refractivity contribution in [2.75, 3.05) is 13.2 Å². The van der Waals surface area contributed by atoms with Crippen molar-refractivity contribution in [2.24, 2.45) is 0 Å². The minimum atomic E-state index is -0.666. The summed E-state index contributed by atoms with van der Waals surface area (Å²) in [6, 6.07) is -0.543. The first-order valence-electron chi connectivity index (χ1n) is 42.6. The molecule has 0 aliphatic rings. The maximum atomic E-state index is 12.6. The molecular formula is C86H167NO5. The van der Waals surface area contributed by atoms with Gasteiger partial charge in [-0.15, -0.1) is 0 Å². The molecular weight excluding hydrogens is 1130 g/mol. The molecule has 1 amide bonds. The molecule has 0 saturated carbocycles. The number of allylic oxidation sites excluding steroid dienone is 4. The number of carbonyl (C=O) groups excluding carboxylic acids is 2. The van der Waals surface area contributed by atoms with Crippen molar-refractivity contribution in [3.8, 4) is 0 Å². The standard InChI is InChI=1S/C86H167NO5/c1-3-5-7-9-11-13-15-17-19-21-23-24-25-33-36-39-43-46-50-54-58-62-66-70-74-78-84(89)83(82-88)87-85(90)79-75-71-67-63-59-55-51-47-44-40-37-34-31-29-27-26-28-30-32-35-38-41-45-49-53-57-61-65-69-73-77-81-92-86(91)80-76-72-68-64-60-56-52-48-42-22-20-18-16-14-12-10-8-6-4-2/h28,30,35,38,83-84,88-89H,3-27,29,31-34,36-37,39-82H2,1-2H3,(H,87,90)/b30-28-,38-35-. The van der Waals surface area contributed by atoms with Gasteiger partial charge in [0.2, 0.25) is 5.91 Å². The highest BCUT2D eigenvalue weighted by Crippen LogP contribution is 2.21. The van der Waals surface area contributed by atoms with Gasteiger partial charge in [0, 0.05) is 12.8 Å². The summed E-state index contributed by atoms with van der Waals surface area (Å²) in [4.78, 5) is 24.7. The van der Waals surface area contributed by atoms with E-state index in [2.05, 4.69) is 43.5 Å². The van der Waals surface area contributed by atoms with Crippen molar-refractivity contribution < 1.29 is 24.5 Å². The number of hydrogen-bond acceptors (Lipinski definition) is 5. The van der Waals surface area contributed by atoms with E-state index in [1.54, 1.807) is 0 Å². The van der Waals surface area contributed by atoms with Crippen molar-refractivity contribution in [1.29, 1.82) is 0 Å². The lowest BCUT2D eigenvalue weighted by Gasteiger charge is -2.22. The summed E-state index contributed by atoms with van der Waals surface area (Å²) >= 11 is 0. The summed E-state index contributed by atoms with van der Waals surface area (Å²) in [5, 5.41) is 23.5. The van der Waals surface area contributed by atoms with E-state index in [0.29, 0.717) is 25.9 Å². The Bertz CT molecular complexity index is 1450. The van der Waals surface area contributed by atoms with Gasteiger partial charge in [0.25, 0.3) is 0 Å². The lowest BCUT2D eigenvalue weighted by molar-refractivity contribution is -0.143. The molecule has 6 heteroatoms. The fraction of sp³-hybridized carbons (Fsp3) is 0.930. The molecule has 2 atom stereocenters. The van der Waals surface area contributed by atoms with Crippen molar-refractivity contribution in [1.82, 2.24) is 5.32 Å². The highest BCUT2D eigenvalue weighted by atomic mass is 16.5. The summed E-state index contributed by atoms with van der Waals surface area (Å²) in [5.74, 6) is -0.00877. The van der Waals surface area contributed by atoms with Crippen LogP contribution in [0.25, 0.3) is 0 Å². The molecule has 0 radical (unpaired) electrons. The van der Waals surface area contributed by atoms with Crippen LogP contribution in [0.2, 0.25) is 0 Å². The largest absolute Gasteiger partial charge is 0.466 e. The van der Waals surface area contributed by atoms with Crippen LogP contribution in [0.15, 0.2) is 24.3 Å². The maximum Gasteiger partial charge on any atom is 0.305 e. The molecule has 0 aliphatic heterocycles. The molecule has 92 heavy (non-hydrogen) atoms. The fourth-order valence-electron chi connectivity index (χ4n) is 13.8. The quantitative estimate of drug-likeness (QED) is 0.0320. The van der Waals surface area contributed by atoms with E-state index in [-0.39, 0.29) is 18.5 Å². The molecule has 0 fully saturated rings. The number of nitrogens with one attached hydrogen (secondary N) is 1. The van der Waals surface area contributed by atoms with Gasteiger partial charge in [-0.1, -0.05) is 443 Å². The SMILES string of the molecule is CCCCCCCCCCCCCCCCCCCCCCCCCCCC(O)C(CO)NC(=O)CCCCCCCCCCCCCCCCC/C=C\C/C=C\CCCCCCCCCCCOC(=O)CCCCCCCCCCCCCCCCCCCCC. The Morgan fingerprint density at radius 1 is 0.304 bits per heavy atom. The van der Waals surface area contributed by atoms with Crippen molar-refractivity contribution in [3.05, 3.63) is 24.3 Å². The van der Waals surface area contributed by atoms with Gasteiger partial charge in [-0.05, 0) is 57.8 Å². The van der Waals surface area contributed by atoms with Crippen LogP contribution in [0.5, 0.6) is 0 Å². The van der Waals surface area contributed by atoms with Crippen LogP contribution in [-0.2, 0) is 14.3 Å². The van der Waals surface area contributed by atoms with Crippen molar-refractivity contribution in [2.45, 2.75) is 501 Å². The second-order valence-corrected chi connectivity index (χ2v) is 29.5. The number of ether oxygens (including phenoxy) is 1. The van der Waals surface area contributed by atoms with E-state index in [0.717, 1.165) is 44.9 Å². The number of esters is 1. The number of carbonyl (C=O) groups is 2. The Morgan fingerprint density at radius 3 is 0.826 bits per heavy atom. The third-order valence-electron chi connectivity index (χ3n) is 20.3. The molecule has 0 aromatic heterocycles. The van der Waals surface area contributed by atoms with Gasteiger partial charge in [0.05, 0.1) is 25.4 Å². The van der Waals surface area contributed by atoms with Crippen molar-refractivity contribution in [3.63, 3.8) is 0 Å². The molecule has 546 valence electrons. The first-order valence-corrected chi connectivity index (χ1v) is 42.6. The summed E-state index contributed by atoms with van der Waals surface area (Å²) < 4.78 is 5.52. The van der Waals surface area contributed by atoms with Gasteiger partial charge in [0.1, 0.15) is 0 Å². The summed E-state index contributed by atoms with van der Waals surface area (Å²) in [5.41, 5.74) is 0. The lowest BCUT2D eigenvalue weighted by Crippen LogP contribution is -2.45. The van der Waals surface area contributed by atoms with Crippen LogP contribution in [0.1, 0.15) is 489 Å². The average Bonchev–Trinajstić information content (AvgIpc) is 3.76. The zero-order valence-electron chi connectivity index (χ0n) is 62.8. The zero-order valence-corrected chi connectivity index (χ0v) is 62.8. The summed E-state index contributed by atoms with van der Waals surface area (Å²) in [6.07, 6.45) is 106. The number of hydrogen-bond donors (Lipinski definition) is 3. The van der Waals surface area contributed by atoms with Crippen LogP contribution >= 0.6 is 0 Å². The molecule has 0 heterocycles. The van der Waals surface area contributed by atoms with E-state index >= 15 is 0 Å². The lowest BCUT2D eigenvalue weighted by atomic mass is 10.0. The predicted octanol–water partition coefficient (Wildman–Crippen LogP) is 28.4. The fourth-order valence-corrected chi connectivity index (χ4v) is 13.8. The number of unbranched alkanes of at least 4 members (excludes halogenated alkanes) is 66. The van der Waals surface area contributed by atoms with E-state index in [1.165, 1.54) is 411 Å². The minimum Gasteiger partial charge on any atom is -0.466 e. The minimum absolute atomic E-state index is 0.0194. The number of aliphatic hydroxyl groups excluding tert-OH is 2. The first kappa shape index (κ1) is 90.3. The summed E-state index contributed by atoms with van der Waals surface area (Å²) in [7, 11) is 0. The van der Waals surface area contributed by atoms with E-state index < -0.39 is 12.1 Å². The molecule has 0 aromatic carbocycles. The average molecular weight is 1300 g/mol. The second kappa shape index (κ2) is 81.8. The summed E-state index contributed by atoms with van der Waals surface area (Å²) in [6.45, 7) is 5.02. The van der Waals surface area contributed by atoms with E-state index in [1.807, 2.05) is 0 Å². The van der Waals surface area contributed by atoms with E-state index in [9.17, 15) is 19.8 Å². The van der Waals surface area contributed by atoms with Crippen molar-refractivity contribution >= 4 is 11.9 Å². The van der Waals surface area contributed by atoms with Crippen LogP contribution in [0, 0.1) is 0 Å². The predicted molar refractivity (Wildman–Crippen MR) is 407 cm³/mol. The third kappa shape index (κ3) is 77.3. The highest BCUT2D eigenvalue weighted by Gasteiger charge is 2.20. The van der Waals surface area contributed by atoms with Gasteiger partial charge < -0.3 is 20.3 Å². The highest BCUT2D eigenvalue weighted by molar-refractivity contribution is 5.76. The van der Waals surface area contributed by atoms with Gasteiger partial charge in [-0.2, -0.15) is 0 Å². The number of aliphatic hydroxyl groups is 2. The van der Waals surface area contributed by atoms with Crippen LogP contribution in [0.3, 0.4) is 0 Å². The Balaban J connectivity index is 3.37. The van der Waals surface area contributed by atoms with Crippen LogP contribution in [0.4, 0.5) is 0 Å². The first-order chi connectivity index (χ1) is 45.5. The molecule has 2 unspecified atom stereocenters. The normalized spacial score (nSPS) is 12.5. The van der Waals surface area contributed by atoms with Gasteiger partial charge >= 0.3 is 5.97 Å². The molecule has 0 rings (SSSR count). The van der Waals surface area contributed by atoms with Crippen LogP contribution < -0.4 is 5.32 Å². The Kier molecular flexibility index (Phi) is 80.3. The zero-order chi connectivity index (χ0) is 66.3. The van der Waals surface area contributed by atoms with Gasteiger partial charge in [-0.3, -0.25) is 9.59 Å². The smallest absolute Gasteiger partial charge is 0.305 e. The second-order valence-electron chi connectivity index (χ2n) is 29.5. The number of amides is 1. The Morgan fingerprint density at radius 2 is 0.543 bits per heavy atom. The van der Waals surface area contributed by atoms with Crippen LogP contribution in [-0.4, -0.2) is 47.4 Å². The Labute approximate surface area is 577 Å². The third-order valence-corrected chi connectivity index (χ3v) is 20.3. The molecule has 3 N–H and O–H groups in total. The Hall–Kier alpha value is -1.66. The molecule has 0 saturated heterocycles. The molecule has 0 aliphatic carbocycles. The van der Waals surface area contributed by atoms with E-state index in [4.69, 9.17) is 4.74 Å². The number of rotatable bonds is 81. The molecule has 0 aromatic rings. The molecule has 0 spiro atoms. The maximum absolute atomic E-state index is 12.6. The monoisotopic (exact) mass is 1290 g/mol. The molecule has 6 nitrogen and oxygen atoms in total. The van der Waals surface area contributed by atoms with Gasteiger partial charge in [-0.25, -0.2) is 0 Å². The topological polar surface area (TPSA) is 95.9 Å². The van der Waals surface area contributed by atoms with Gasteiger partial charge in [0.15, 0.2) is 0 Å². The molecule has 0 bridgehead atoms.